The molecule has 0 aromatic carbocycles. The van der Waals surface area contributed by atoms with E-state index in [-0.39, 0.29) is 5.92 Å². The lowest BCUT2D eigenvalue weighted by molar-refractivity contribution is -0.329. The van der Waals surface area contributed by atoms with Crippen molar-refractivity contribution in [2.45, 2.75) is 27.7 Å². The number of allylic oxidation sites excluding steroid dienone is 4. The summed E-state index contributed by atoms with van der Waals surface area (Å²) in [5, 5.41) is 22.5. The third kappa shape index (κ3) is 2.81. The highest BCUT2D eigenvalue weighted by atomic mass is 16.4. The predicted octanol–water partition coefficient (Wildman–Crippen LogP) is -0.103. The Bertz CT molecular complexity index is 416. The van der Waals surface area contributed by atoms with Gasteiger partial charge in [0.2, 0.25) is 0 Å². The summed E-state index contributed by atoms with van der Waals surface area (Å²) >= 11 is 0. The number of carbonyl (C=O) groups excluding carboxylic acids is 2. The van der Waals surface area contributed by atoms with E-state index in [0.717, 1.165) is 11.1 Å². The number of carboxylic acid groups (broad SMARTS) is 2. The van der Waals surface area contributed by atoms with Crippen molar-refractivity contribution in [2.24, 2.45) is 23.7 Å². The number of aliphatic carboxylic acids is 2. The standard InChI is InChI=1S/C14H20O4/c1-7(2)5-10-6-8(3)9(4)11(13(15)16)12(10)14(17)18/h5-6,9-12H,1-4H3,(H,15,16)(H,17,18)/p-2/t9-,10-,11-,12-/m1/s1. The molecule has 100 valence electrons. The summed E-state index contributed by atoms with van der Waals surface area (Å²) in [7, 11) is 0. The van der Waals surface area contributed by atoms with Gasteiger partial charge >= 0.3 is 0 Å². The molecular formula is C14H18O4-2. The minimum Gasteiger partial charge on any atom is -0.550 e. The first-order valence-electron chi connectivity index (χ1n) is 6.00. The maximum atomic E-state index is 11.3. The van der Waals surface area contributed by atoms with Crippen molar-refractivity contribution in [3.63, 3.8) is 0 Å². The molecule has 0 saturated heterocycles. The first-order chi connectivity index (χ1) is 8.25. The van der Waals surface area contributed by atoms with Crippen LogP contribution in [0.3, 0.4) is 0 Å². The molecule has 1 aliphatic carbocycles. The molecule has 0 aromatic heterocycles. The third-order valence-corrected chi connectivity index (χ3v) is 3.58. The van der Waals surface area contributed by atoms with Gasteiger partial charge in [0.05, 0.1) is 0 Å². The van der Waals surface area contributed by atoms with Gasteiger partial charge in [0.15, 0.2) is 0 Å². The molecular weight excluding hydrogens is 232 g/mol. The van der Waals surface area contributed by atoms with Crippen LogP contribution in [0.4, 0.5) is 0 Å². The van der Waals surface area contributed by atoms with Crippen molar-refractivity contribution in [3.8, 4) is 0 Å². The fourth-order valence-corrected chi connectivity index (χ4v) is 2.58. The van der Waals surface area contributed by atoms with Crippen LogP contribution in [0.5, 0.6) is 0 Å². The largest absolute Gasteiger partial charge is 0.550 e. The van der Waals surface area contributed by atoms with Crippen LogP contribution >= 0.6 is 0 Å². The van der Waals surface area contributed by atoms with E-state index in [4.69, 9.17) is 0 Å². The summed E-state index contributed by atoms with van der Waals surface area (Å²) in [6, 6.07) is 0. The maximum absolute atomic E-state index is 11.3. The van der Waals surface area contributed by atoms with Gasteiger partial charge in [0.1, 0.15) is 0 Å². The van der Waals surface area contributed by atoms with Crippen LogP contribution in [0.1, 0.15) is 27.7 Å². The molecule has 18 heavy (non-hydrogen) atoms. The van der Waals surface area contributed by atoms with E-state index in [1.165, 1.54) is 0 Å². The van der Waals surface area contributed by atoms with Crippen LogP contribution in [0.25, 0.3) is 0 Å². The molecule has 0 fully saturated rings. The molecule has 0 heterocycles. The Hall–Kier alpha value is -1.58. The monoisotopic (exact) mass is 250 g/mol. The number of hydrogen-bond donors (Lipinski definition) is 0. The average molecular weight is 250 g/mol. The van der Waals surface area contributed by atoms with Crippen molar-refractivity contribution >= 4 is 11.9 Å². The smallest absolute Gasteiger partial charge is 0.0461 e. The van der Waals surface area contributed by atoms with E-state index < -0.39 is 29.7 Å². The SMILES string of the molecule is CC(C)=C[C@@H]1C=C(C)[C@@H](C)[C@@H](C(=O)[O-])[C@@H]1C(=O)[O-]. The first kappa shape index (κ1) is 14.5. The van der Waals surface area contributed by atoms with Gasteiger partial charge in [-0.05, 0) is 26.7 Å². The summed E-state index contributed by atoms with van der Waals surface area (Å²) in [5.74, 6) is -5.55. The highest BCUT2D eigenvalue weighted by Crippen LogP contribution is 2.38. The quantitative estimate of drug-likeness (QED) is 0.655. The number of hydrogen-bond acceptors (Lipinski definition) is 4. The third-order valence-electron chi connectivity index (χ3n) is 3.58. The predicted molar refractivity (Wildman–Crippen MR) is 62.8 cm³/mol. The van der Waals surface area contributed by atoms with Crippen molar-refractivity contribution < 1.29 is 19.8 Å². The summed E-state index contributed by atoms with van der Waals surface area (Å²) in [6.07, 6.45) is 3.59. The second-order valence-corrected chi connectivity index (χ2v) is 5.21. The highest BCUT2D eigenvalue weighted by Gasteiger charge is 2.37. The lowest BCUT2D eigenvalue weighted by Gasteiger charge is -2.41. The summed E-state index contributed by atoms with van der Waals surface area (Å²) in [6.45, 7) is 7.22. The minimum atomic E-state index is -1.33. The van der Waals surface area contributed by atoms with Crippen LogP contribution in [0, 0.1) is 23.7 Å². The Morgan fingerprint density at radius 3 is 2.06 bits per heavy atom. The Kier molecular flexibility index (Phi) is 4.33. The van der Waals surface area contributed by atoms with Gasteiger partial charge in [-0.1, -0.05) is 30.2 Å². The molecule has 0 unspecified atom stereocenters. The van der Waals surface area contributed by atoms with E-state index in [0.29, 0.717) is 0 Å². The molecule has 1 aliphatic rings. The van der Waals surface area contributed by atoms with Gasteiger partial charge < -0.3 is 19.8 Å². The van der Waals surface area contributed by atoms with Gasteiger partial charge in [0, 0.05) is 29.7 Å². The number of carbonyl (C=O) groups is 2. The summed E-state index contributed by atoms with van der Waals surface area (Å²) in [5.41, 5.74) is 1.83. The lowest BCUT2D eigenvalue weighted by Crippen LogP contribution is -2.50. The Labute approximate surface area is 107 Å². The van der Waals surface area contributed by atoms with Crippen molar-refractivity contribution in [1.82, 2.24) is 0 Å². The molecule has 0 N–H and O–H groups in total. The van der Waals surface area contributed by atoms with Crippen molar-refractivity contribution in [2.75, 3.05) is 0 Å². The fraction of sp³-hybridized carbons (Fsp3) is 0.571. The molecule has 0 radical (unpaired) electrons. The van der Waals surface area contributed by atoms with Crippen molar-refractivity contribution in [1.29, 1.82) is 0 Å². The van der Waals surface area contributed by atoms with Crippen molar-refractivity contribution in [3.05, 3.63) is 23.3 Å². The second kappa shape index (κ2) is 5.38. The summed E-state index contributed by atoms with van der Waals surface area (Å²) < 4.78 is 0. The molecule has 0 saturated carbocycles. The average Bonchev–Trinajstić information content (AvgIpc) is 2.20. The van der Waals surface area contributed by atoms with Crippen LogP contribution in [0.15, 0.2) is 23.3 Å². The Balaban J connectivity index is 3.29. The molecule has 1 rings (SSSR count). The molecule has 4 nitrogen and oxygen atoms in total. The van der Waals surface area contributed by atoms with Gasteiger partial charge in [0.25, 0.3) is 0 Å². The van der Waals surface area contributed by atoms with Gasteiger partial charge in [-0.15, -0.1) is 0 Å². The number of carboxylic acids is 2. The zero-order valence-electron chi connectivity index (χ0n) is 11.1. The molecule has 0 aliphatic heterocycles. The first-order valence-corrected chi connectivity index (χ1v) is 6.00. The van der Waals surface area contributed by atoms with E-state index in [1.54, 1.807) is 13.0 Å². The van der Waals surface area contributed by atoms with Crippen LogP contribution < -0.4 is 10.2 Å². The normalized spacial score (nSPS) is 31.4. The van der Waals surface area contributed by atoms with E-state index in [9.17, 15) is 19.8 Å². The minimum absolute atomic E-state index is 0.347. The molecule has 4 heteroatoms. The second-order valence-electron chi connectivity index (χ2n) is 5.21. The molecule has 4 atom stereocenters. The summed E-state index contributed by atoms with van der Waals surface area (Å²) in [4.78, 5) is 22.5. The van der Waals surface area contributed by atoms with Crippen LogP contribution in [-0.2, 0) is 9.59 Å². The highest BCUT2D eigenvalue weighted by molar-refractivity contribution is 5.80. The van der Waals surface area contributed by atoms with Gasteiger partial charge in [-0.25, -0.2) is 0 Å². The molecule has 0 aromatic rings. The molecule has 0 bridgehead atoms. The van der Waals surface area contributed by atoms with Gasteiger partial charge in [-0.2, -0.15) is 0 Å². The van der Waals surface area contributed by atoms with Crippen LogP contribution in [0.2, 0.25) is 0 Å². The maximum Gasteiger partial charge on any atom is 0.0461 e. The van der Waals surface area contributed by atoms with Gasteiger partial charge in [-0.3, -0.25) is 0 Å². The number of rotatable bonds is 3. The lowest BCUT2D eigenvalue weighted by atomic mass is 9.67. The van der Waals surface area contributed by atoms with E-state index in [2.05, 4.69) is 0 Å². The van der Waals surface area contributed by atoms with E-state index in [1.807, 2.05) is 26.8 Å². The molecule has 0 spiro atoms. The van der Waals surface area contributed by atoms with Crippen LogP contribution in [-0.4, -0.2) is 11.9 Å². The molecule has 0 amide bonds. The topological polar surface area (TPSA) is 80.3 Å². The Morgan fingerprint density at radius 1 is 1.17 bits per heavy atom. The zero-order chi connectivity index (χ0) is 14.0. The Morgan fingerprint density at radius 2 is 1.67 bits per heavy atom. The zero-order valence-corrected chi connectivity index (χ0v) is 11.1. The fourth-order valence-electron chi connectivity index (χ4n) is 2.58. The van der Waals surface area contributed by atoms with E-state index >= 15 is 0 Å².